The summed E-state index contributed by atoms with van der Waals surface area (Å²) in [5.74, 6) is -3.18. The number of carbonyl (C=O) groups excluding carboxylic acids is 1. The molecule has 0 radical (unpaired) electrons. The summed E-state index contributed by atoms with van der Waals surface area (Å²) >= 11 is 1.13. The number of aliphatic imine (C=N–C) groups is 1. The standard InChI is InChI=1S/C16H20N2O5S/c1-16(2)12(15(22)23)18-13(24-16)11(14(20)21)17-10(19)8-9-6-4-3-5-7-9/h3-7,11-13,18H,8H2,1-2H3,(H,17,19)(H,20,21)(H,22,23)/p-2/t11-,12?,13+/m0/s1. The molecule has 1 aromatic rings. The van der Waals surface area contributed by atoms with E-state index in [-0.39, 0.29) is 6.42 Å². The lowest BCUT2D eigenvalue weighted by molar-refractivity contribution is -0.307. The third-order valence-electron chi connectivity index (χ3n) is 3.71. The summed E-state index contributed by atoms with van der Waals surface area (Å²) < 4.78 is -0.734. The zero-order valence-corrected chi connectivity index (χ0v) is 14.1. The Balaban J connectivity index is 2.17. The SMILES string of the molecule is CC1(C)S[C@H]([C@H](N=C([O-])Cc2ccccc2)C(=O)[O-])NC1C(=O)O. The van der Waals surface area contributed by atoms with Gasteiger partial charge < -0.3 is 20.1 Å². The van der Waals surface area contributed by atoms with Gasteiger partial charge in [-0.15, -0.1) is 11.8 Å². The number of thioether (sulfide) groups is 1. The van der Waals surface area contributed by atoms with E-state index in [1.165, 1.54) is 0 Å². The summed E-state index contributed by atoms with van der Waals surface area (Å²) in [6.45, 7) is 3.39. The van der Waals surface area contributed by atoms with Crippen molar-refractivity contribution in [2.24, 2.45) is 4.99 Å². The van der Waals surface area contributed by atoms with Crippen molar-refractivity contribution >= 4 is 29.6 Å². The third kappa shape index (κ3) is 4.27. The van der Waals surface area contributed by atoms with Gasteiger partial charge in [0.1, 0.15) is 12.1 Å². The highest BCUT2D eigenvalue weighted by atomic mass is 32.2. The van der Waals surface area contributed by atoms with Crippen LogP contribution in [0.5, 0.6) is 0 Å². The molecule has 1 saturated heterocycles. The largest absolute Gasteiger partial charge is 0.862 e. The molecule has 2 N–H and O–H groups in total. The van der Waals surface area contributed by atoms with Crippen LogP contribution < -0.4 is 15.5 Å². The van der Waals surface area contributed by atoms with E-state index in [9.17, 15) is 24.9 Å². The molecule has 0 aromatic heterocycles. The van der Waals surface area contributed by atoms with Crippen molar-refractivity contribution in [2.75, 3.05) is 0 Å². The summed E-state index contributed by atoms with van der Waals surface area (Å²) in [5, 5.41) is 34.6. The van der Waals surface area contributed by atoms with Gasteiger partial charge in [0.05, 0.1) is 11.3 Å². The number of carbonyl (C=O) groups is 2. The van der Waals surface area contributed by atoms with Gasteiger partial charge in [-0.25, -0.2) is 0 Å². The molecule has 0 spiro atoms. The molecular weight excluding hydrogens is 332 g/mol. The van der Waals surface area contributed by atoms with Crippen LogP contribution in [0.25, 0.3) is 0 Å². The van der Waals surface area contributed by atoms with Crippen molar-refractivity contribution in [2.45, 2.75) is 42.5 Å². The van der Waals surface area contributed by atoms with Crippen molar-refractivity contribution in [1.29, 1.82) is 0 Å². The average Bonchev–Trinajstić information content (AvgIpc) is 2.81. The molecule has 130 valence electrons. The Bertz CT molecular complexity index is 647. The number of nitrogens with one attached hydrogen (secondary N) is 1. The van der Waals surface area contributed by atoms with Crippen molar-refractivity contribution < 1.29 is 24.9 Å². The molecule has 3 atom stereocenters. The van der Waals surface area contributed by atoms with Gasteiger partial charge in [-0.3, -0.25) is 15.1 Å². The fourth-order valence-corrected chi connectivity index (χ4v) is 4.00. The highest BCUT2D eigenvalue weighted by molar-refractivity contribution is 8.01. The first-order chi connectivity index (χ1) is 11.2. The van der Waals surface area contributed by atoms with Gasteiger partial charge in [-0.1, -0.05) is 30.3 Å². The maximum atomic E-state index is 12.0. The van der Waals surface area contributed by atoms with Crippen LogP contribution in [0, 0.1) is 0 Å². The molecule has 1 fully saturated rings. The predicted molar refractivity (Wildman–Crippen MR) is 86.4 cm³/mol. The Hall–Kier alpha value is -2.06. The molecule has 8 heteroatoms. The zero-order chi connectivity index (χ0) is 17.9. The van der Waals surface area contributed by atoms with E-state index < -0.39 is 40.0 Å². The maximum absolute atomic E-state index is 12.0. The Kier molecular flexibility index (Phi) is 5.51. The first-order valence-corrected chi connectivity index (χ1v) is 8.24. The lowest BCUT2D eigenvalue weighted by Crippen LogP contribution is -2.50. The van der Waals surface area contributed by atoms with Gasteiger partial charge in [-0.2, -0.15) is 0 Å². The number of hydrogen-bond donors (Lipinski definition) is 2. The second-order valence-corrected chi connectivity index (χ2v) is 7.82. The number of hydrogen-bond acceptors (Lipinski definition) is 7. The van der Waals surface area contributed by atoms with E-state index in [1.807, 2.05) is 6.07 Å². The number of nitrogens with zero attached hydrogens (tertiary/aromatic N) is 1. The molecule has 24 heavy (non-hydrogen) atoms. The van der Waals surface area contributed by atoms with Gasteiger partial charge in [0.25, 0.3) is 0 Å². The van der Waals surface area contributed by atoms with Crippen LogP contribution in [0.1, 0.15) is 19.4 Å². The van der Waals surface area contributed by atoms with Crippen molar-refractivity contribution in [3.8, 4) is 0 Å². The number of carboxylic acid groups (broad SMARTS) is 2. The van der Waals surface area contributed by atoms with Crippen molar-refractivity contribution in [3.05, 3.63) is 35.9 Å². The molecule has 7 nitrogen and oxygen atoms in total. The van der Waals surface area contributed by atoms with Gasteiger partial charge >= 0.3 is 5.97 Å². The fraction of sp³-hybridized carbons (Fsp3) is 0.438. The van der Waals surface area contributed by atoms with Crippen LogP contribution in [-0.4, -0.2) is 45.1 Å². The lowest BCUT2D eigenvalue weighted by atomic mass is 10.0. The molecule has 0 bridgehead atoms. The van der Waals surface area contributed by atoms with E-state index in [1.54, 1.807) is 38.1 Å². The summed E-state index contributed by atoms with van der Waals surface area (Å²) in [7, 11) is 0. The molecule has 0 amide bonds. The third-order valence-corrected chi connectivity index (χ3v) is 5.20. The maximum Gasteiger partial charge on any atom is 0.322 e. The Morgan fingerprint density at radius 1 is 1.33 bits per heavy atom. The monoisotopic (exact) mass is 350 g/mol. The number of carboxylic acids is 2. The Morgan fingerprint density at radius 3 is 2.46 bits per heavy atom. The molecule has 0 saturated carbocycles. The highest BCUT2D eigenvalue weighted by Crippen LogP contribution is 2.39. The molecular formula is C16H18N2O5S-2. The zero-order valence-electron chi connectivity index (χ0n) is 13.3. The van der Waals surface area contributed by atoms with E-state index >= 15 is 0 Å². The van der Waals surface area contributed by atoms with Gasteiger partial charge in [0, 0.05) is 11.2 Å². The Labute approximate surface area is 143 Å². The summed E-state index contributed by atoms with van der Waals surface area (Å²) in [6, 6.07) is 6.45. The first kappa shape index (κ1) is 18.3. The fourth-order valence-electron chi connectivity index (χ4n) is 2.53. The van der Waals surface area contributed by atoms with Crippen LogP contribution in [0.2, 0.25) is 0 Å². The molecule has 1 aliphatic rings. The number of rotatable bonds is 6. The minimum absolute atomic E-state index is 0.0201. The second-order valence-electron chi connectivity index (χ2n) is 6.03. The quantitative estimate of drug-likeness (QED) is 0.498. The molecule has 1 aliphatic heterocycles. The van der Waals surface area contributed by atoms with E-state index in [0.717, 1.165) is 17.3 Å². The van der Waals surface area contributed by atoms with E-state index in [0.29, 0.717) is 0 Å². The number of aliphatic carboxylic acids is 2. The summed E-state index contributed by atoms with van der Waals surface area (Å²) in [4.78, 5) is 26.4. The van der Waals surface area contributed by atoms with Crippen LogP contribution in [0.4, 0.5) is 0 Å². The molecule has 1 aromatic carbocycles. The predicted octanol–water partition coefficient (Wildman–Crippen LogP) is -0.999. The lowest BCUT2D eigenvalue weighted by Gasteiger charge is -2.24. The molecule has 1 unspecified atom stereocenters. The minimum Gasteiger partial charge on any atom is -0.862 e. The van der Waals surface area contributed by atoms with Crippen LogP contribution in [0.15, 0.2) is 35.3 Å². The van der Waals surface area contributed by atoms with Crippen LogP contribution in [-0.2, 0) is 16.0 Å². The smallest absolute Gasteiger partial charge is 0.322 e. The minimum atomic E-state index is -1.51. The van der Waals surface area contributed by atoms with Gasteiger partial charge in [0.15, 0.2) is 0 Å². The number of benzene rings is 1. The van der Waals surface area contributed by atoms with Crippen molar-refractivity contribution in [3.63, 3.8) is 0 Å². The molecule has 0 aliphatic carbocycles. The van der Waals surface area contributed by atoms with Crippen LogP contribution in [0.3, 0.4) is 0 Å². The van der Waals surface area contributed by atoms with Gasteiger partial charge in [0.2, 0.25) is 0 Å². The van der Waals surface area contributed by atoms with Crippen LogP contribution >= 0.6 is 11.8 Å². The summed E-state index contributed by atoms with van der Waals surface area (Å²) in [5.41, 5.74) is 0.721. The van der Waals surface area contributed by atoms with Gasteiger partial charge in [-0.05, 0) is 25.3 Å². The van der Waals surface area contributed by atoms with E-state index in [4.69, 9.17) is 0 Å². The summed E-state index contributed by atoms with van der Waals surface area (Å²) in [6.07, 6.45) is -0.0201. The molecule has 1 heterocycles. The average molecular weight is 350 g/mol. The van der Waals surface area contributed by atoms with Crippen molar-refractivity contribution in [1.82, 2.24) is 5.32 Å². The molecule has 2 rings (SSSR count). The first-order valence-electron chi connectivity index (χ1n) is 7.36. The van der Waals surface area contributed by atoms with E-state index in [2.05, 4.69) is 10.3 Å². The Morgan fingerprint density at radius 2 is 1.96 bits per heavy atom. The highest BCUT2D eigenvalue weighted by Gasteiger charge is 2.47. The normalized spacial score (nSPS) is 24.5. The topological polar surface area (TPSA) is 125 Å². The second kappa shape index (κ2) is 7.23.